The van der Waals surface area contributed by atoms with Gasteiger partial charge in [0, 0.05) is 6.42 Å². The summed E-state index contributed by atoms with van der Waals surface area (Å²) in [5.74, 6) is 1.28. The zero-order chi connectivity index (χ0) is 9.14. The fourth-order valence-corrected chi connectivity index (χ4v) is 1.82. The summed E-state index contributed by atoms with van der Waals surface area (Å²) in [5.41, 5.74) is 0. The van der Waals surface area contributed by atoms with Gasteiger partial charge in [0.05, 0.1) is 13.1 Å². The zero-order valence-electron chi connectivity index (χ0n) is 7.92. The lowest BCUT2D eigenvalue weighted by molar-refractivity contribution is -0.707. The summed E-state index contributed by atoms with van der Waals surface area (Å²) in [6, 6.07) is 0. The van der Waals surface area contributed by atoms with Crippen LogP contribution in [-0.4, -0.2) is 9.78 Å². The Morgan fingerprint density at radius 3 is 2.50 bits per heavy atom. The van der Waals surface area contributed by atoms with Crippen LogP contribution in [0.4, 0.5) is 0 Å². The van der Waals surface area contributed by atoms with E-state index < -0.39 is 0 Å². The number of aromatic nitrogens is 3. The minimum absolute atomic E-state index is 0.830. The van der Waals surface area contributed by atoms with Crippen LogP contribution in [0.25, 0.3) is 0 Å². The summed E-state index contributed by atoms with van der Waals surface area (Å²) in [7, 11) is 0. The SMILES string of the molecule is CCc1n(CC)[nH]c(=S)[n+]1CC. The van der Waals surface area contributed by atoms with Crippen molar-refractivity contribution in [1.29, 1.82) is 0 Å². The van der Waals surface area contributed by atoms with Gasteiger partial charge in [0.2, 0.25) is 5.82 Å². The molecule has 1 aromatic heterocycles. The molecule has 0 bridgehead atoms. The molecule has 0 radical (unpaired) electrons. The molecule has 12 heavy (non-hydrogen) atoms. The fraction of sp³-hybridized carbons (Fsp3) is 0.750. The Hall–Kier alpha value is -0.640. The average Bonchev–Trinajstić information content (AvgIpc) is 2.40. The van der Waals surface area contributed by atoms with E-state index in [1.54, 1.807) is 0 Å². The molecule has 1 rings (SSSR count). The molecule has 0 saturated heterocycles. The predicted molar refractivity (Wildman–Crippen MR) is 50.5 cm³/mol. The fourth-order valence-electron chi connectivity index (χ4n) is 1.47. The van der Waals surface area contributed by atoms with Gasteiger partial charge in [0.25, 0.3) is 0 Å². The average molecular weight is 186 g/mol. The summed E-state index contributed by atoms with van der Waals surface area (Å²) in [5, 5.41) is 3.16. The van der Waals surface area contributed by atoms with Gasteiger partial charge in [-0.15, -0.1) is 5.10 Å². The first kappa shape index (κ1) is 9.45. The monoisotopic (exact) mass is 186 g/mol. The second-order valence-electron chi connectivity index (χ2n) is 2.68. The number of H-pyrrole nitrogens is 1. The van der Waals surface area contributed by atoms with E-state index >= 15 is 0 Å². The van der Waals surface area contributed by atoms with Crippen LogP contribution in [0.2, 0.25) is 0 Å². The van der Waals surface area contributed by atoms with E-state index in [1.807, 2.05) is 0 Å². The molecule has 0 spiro atoms. The Bertz CT molecular complexity index is 311. The van der Waals surface area contributed by atoms with Gasteiger partial charge < -0.3 is 0 Å². The molecule has 0 unspecified atom stereocenters. The highest BCUT2D eigenvalue weighted by molar-refractivity contribution is 7.71. The molecule has 0 aliphatic heterocycles. The van der Waals surface area contributed by atoms with Crippen LogP contribution in [0.3, 0.4) is 0 Å². The molecule has 0 aliphatic carbocycles. The Labute approximate surface area is 78.0 Å². The number of aryl methyl sites for hydroxylation is 1. The summed E-state index contributed by atoms with van der Waals surface area (Å²) in [6.07, 6.45) is 1.02. The molecule has 3 nitrogen and oxygen atoms in total. The number of aromatic amines is 1. The maximum Gasteiger partial charge on any atom is 0.323 e. The quantitative estimate of drug-likeness (QED) is 0.560. The Morgan fingerprint density at radius 2 is 2.08 bits per heavy atom. The van der Waals surface area contributed by atoms with Crippen molar-refractivity contribution in [3.05, 3.63) is 10.6 Å². The summed E-state index contributed by atoms with van der Waals surface area (Å²) in [4.78, 5) is 0. The Kier molecular flexibility index (Phi) is 3.03. The first-order chi connectivity index (χ1) is 5.74. The van der Waals surface area contributed by atoms with E-state index in [0.29, 0.717) is 0 Å². The number of hydrogen-bond donors (Lipinski definition) is 1. The number of rotatable bonds is 3. The molecule has 0 saturated carbocycles. The molecular weight excluding hydrogens is 170 g/mol. The predicted octanol–water partition coefficient (Wildman–Crippen LogP) is 1.44. The van der Waals surface area contributed by atoms with Crippen molar-refractivity contribution < 1.29 is 4.57 Å². The van der Waals surface area contributed by atoms with Crippen molar-refractivity contribution in [3.63, 3.8) is 0 Å². The van der Waals surface area contributed by atoms with Crippen LogP contribution in [-0.2, 0) is 19.5 Å². The number of nitrogens with one attached hydrogen (secondary N) is 1. The molecule has 1 N–H and O–H groups in total. The second kappa shape index (κ2) is 3.85. The molecule has 0 fully saturated rings. The van der Waals surface area contributed by atoms with Crippen molar-refractivity contribution in [3.8, 4) is 0 Å². The van der Waals surface area contributed by atoms with Crippen LogP contribution in [0.1, 0.15) is 26.6 Å². The van der Waals surface area contributed by atoms with E-state index in [2.05, 4.69) is 35.1 Å². The molecule has 0 aromatic carbocycles. The lowest BCUT2D eigenvalue weighted by Crippen LogP contribution is -2.37. The molecule has 1 heterocycles. The molecular formula is C8H16N3S+. The van der Waals surface area contributed by atoms with Crippen LogP contribution in [0.5, 0.6) is 0 Å². The minimum Gasteiger partial charge on any atom is -0.222 e. The van der Waals surface area contributed by atoms with Crippen molar-refractivity contribution in [2.75, 3.05) is 0 Å². The van der Waals surface area contributed by atoms with E-state index in [1.165, 1.54) is 5.82 Å². The van der Waals surface area contributed by atoms with E-state index in [9.17, 15) is 0 Å². The molecule has 0 amide bonds. The summed E-state index contributed by atoms with van der Waals surface area (Å²) >= 11 is 5.18. The highest BCUT2D eigenvalue weighted by atomic mass is 32.1. The van der Waals surface area contributed by atoms with Gasteiger partial charge >= 0.3 is 4.77 Å². The van der Waals surface area contributed by atoms with Crippen molar-refractivity contribution in [1.82, 2.24) is 9.78 Å². The van der Waals surface area contributed by atoms with Gasteiger partial charge in [-0.2, -0.15) is 4.68 Å². The van der Waals surface area contributed by atoms with Crippen molar-refractivity contribution in [2.45, 2.75) is 40.3 Å². The normalized spacial score (nSPS) is 10.6. The minimum atomic E-state index is 0.830. The van der Waals surface area contributed by atoms with Gasteiger partial charge in [0.1, 0.15) is 0 Å². The summed E-state index contributed by atoms with van der Waals surface area (Å²) in [6.45, 7) is 8.29. The third-order valence-corrected chi connectivity index (χ3v) is 2.36. The topological polar surface area (TPSA) is 24.6 Å². The summed E-state index contributed by atoms with van der Waals surface area (Å²) < 4.78 is 5.07. The highest BCUT2D eigenvalue weighted by Gasteiger charge is 2.13. The number of nitrogens with zero attached hydrogens (tertiary/aromatic N) is 2. The molecule has 0 aliphatic rings. The molecule has 68 valence electrons. The van der Waals surface area contributed by atoms with Gasteiger partial charge in [-0.05, 0) is 26.1 Å². The third-order valence-electron chi connectivity index (χ3n) is 2.05. The lowest BCUT2D eigenvalue weighted by atomic mass is 10.4. The highest BCUT2D eigenvalue weighted by Crippen LogP contribution is 1.94. The maximum atomic E-state index is 5.18. The largest absolute Gasteiger partial charge is 0.323 e. The van der Waals surface area contributed by atoms with Crippen molar-refractivity contribution in [2.24, 2.45) is 0 Å². The van der Waals surface area contributed by atoms with Crippen LogP contribution in [0.15, 0.2) is 0 Å². The third kappa shape index (κ3) is 1.43. The molecule has 1 aromatic rings. The molecule has 4 heteroatoms. The van der Waals surface area contributed by atoms with Crippen LogP contribution >= 0.6 is 12.2 Å². The first-order valence-electron chi connectivity index (χ1n) is 4.46. The van der Waals surface area contributed by atoms with Gasteiger partial charge in [-0.25, -0.2) is 4.57 Å². The standard InChI is InChI=1S/C8H15N3S/c1-4-7-10(5-2)8(12)9-11(7)6-3/h4-6H2,1-3H3/p+1. The maximum absolute atomic E-state index is 5.18. The Balaban J connectivity index is 3.25. The second-order valence-corrected chi connectivity index (χ2v) is 3.06. The zero-order valence-corrected chi connectivity index (χ0v) is 8.74. The van der Waals surface area contributed by atoms with Gasteiger partial charge in [-0.3, -0.25) is 0 Å². The first-order valence-corrected chi connectivity index (χ1v) is 4.86. The van der Waals surface area contributed by atoms with Crippen molar-refractivity contribution >= 4 is 12.2 Å². The van der Waals surface area contributed by atoms with Gasteiger partial charge in [-0.1, -0.05) is 6.92 Å². The number of hydrogen-bond acceptors (Lipinski definition) is 1. The molecule has 0 atom stereocenters. The smallest absolute Gasteiger partial charge is 0.222 e. The van der Waals surface area contributed by atoms with Gasteiger partial charge in [0.15, 0.2) is 0 Å². The Morgan fingerprint density at radius 1 is 1.42 bits per heavy atom. The lowest BCUT2D eigenvalue weighted by Gasteiger charge is -1.96. The van der Waals surface area contributed by atoms with Crippen LogP contribution in [0, 0.1) is 4.77 Å². The van der Waals surface area contributed by atoms with Crippen LogP contribution < -0.4 is 4.57 Å². The van der Waals surface area contributed by atoms with E-state index in [0.717, 1.165) is 24.3 Å². The van der Waals surface area contributed by atoms with E-state index in [4.69, 9.17) is 12.2 Å². The van der Waals surface area contributed by atoms with E-state index in [-0.39, 0.29) is 0 Å².